The number of aromatic nitrogens is 1. The van der Waals surface area contributed by atoms with E-state index in [-0.39, 0.29) is 17.9 Å². The molecule has 1 aromatic heterocycles. The fraction of sp³-hybridized carbons (Fsp3) is 0.524. The van der Waals surface area contributed by atoms with Crippen LogP contribution in [0.3, 0.4) is 0 Å². The van der Waals surface area contributed by atoms with E-state index in [2.05, 4.69) is 29.0 Å². The SMILES string of the molecule is CCC(C)NC(=O)C1CCCN(Cc2nc(-c3cccc(Cl)c3)oc2C)C1. The molecule has 1 aliphatic rings. The number of hydrogen-bond acceptors (Lipinski definition) is 4. The molecule has 3 rings (SSSR count). The second-order valence-corrected chi connectivity index (χ2v) is 7.86. The van der Waals surface area contributed by atoms with Crippen molar-refractivity contribution in [2.24, 2.45) is 5.92 Å². The number of oxazole rings is 1. The number of likely N-dealkylation sites (tertiary alicyclic amines) is 1. The van der Waals surface area contributed by atoms with Crippen molar-refractivity contribution in [1.29, 1.82) is 0 Å². The monoisotopic (exact) mass is 389 g/mol. The van der Waals surface area contributed by atoms with Crippen molar-refractivity contribution >= 4 is 17.5 Å². The Morgan fingerprint density at radius 3 is 3.04 bits per heavy atom. The summed E-state index contributed by atoms with van der Waals surface area (Å²) in [4.78, 5) is 19.5. The number of carbonyl (C=O) groups is 1. The summed E-state index contributed by atoms with van der Waals surface area (Å²) in [6, 6.07) is 7.75. The number of nitrogens with zero attached hydrogens (tertiary/aromatic N) is 2. The van der Waals surface area contributed by atoms with E-state index in [9.17, 15) is 4.79 Å². The van der Waals surface area contributed by atoms with Crippen LogP contribution in [0.4, 0.5) is 0 Å². The first-order chi connectivity index (χ1) is 13.0. The predicted molar refractivity (Wildman–Crippen MR) is 108 cm³/mol. The topological polar surface area (TPSA) is 58.4 Å². The molecule has 1 saturated heterocycles. The molecule has 0 spiro atoms. The molecule has 2 aromatic rings. The largest absolute Gasteiger partial charge is 0.441 e. The molecule has 1 N–H and O–H groups in total. The lowest BCUT2D eigenvalue weighted by atomic mass is 9.96. The van der Waals surface area contributed by atoms with Crippen molar-refractivity contribution in [3.05, 3.63) is 40.7 Å². The second-order valence-electron chi connectivity index (χ2n) is 7.42. The van der Waals surface area contributed by atoms with Crippen molar-refractivity contribution in [3.63, 3.8) is 0 Å². The first-order valence-corrected chi connectivity index (χ1v) is 10.1. The minimum absolute atomic E-state index is 0.0485. The summed E-state index contributed by atoms with van der Waals surface area (Å²) in [6.07, 6.45) is 2.92. The molecule has 2 atom stereocenters. The normalized spacial score (nSPS) is 19.0. The number of halogens is 1. The van der Waals surface area contributed by atoms with Gasteiger partial charge in [0.15, 0.2) is 0 Å². The molecule has 1 aromatic carbocycles. The van der Waals surface area contributed by atoms with Crippen LogP contribution in [0.5, 0.6) is 0 Å². The highest BCUT2D eigenvalue weighted by atomic mass is 35.5. The molecule has 2 unspecified atom stereocenters. The molecule has 0 aliphatic carbocycles. The zero-order valence-corrected chi connectivity index (χ0v) is 17.1. The summed E-state index contributed by atoms with van der Waals surface area (Å²) < 4.78 is 5.86. The molecule has 1 amide bonds. The predicted octanol–water partition coefficient (Wildman–Crippen LogP) is 4.43. The molecule has 0 bridgehead atoms. The highest BCUT2D eigenvalue weighted by Crippen LogP contribution is 2.26. The number of aryl methyl sites for hydroxylation is 1. The molecule has 0 radical (unpaired) electrons. The van der Waals surface area contributed by atoms with E-state index in [0.29, 0.717) is 17.5 Å². The van der Waals surface area contributed by atoms with Crippen molar-refractivity contribution in [2.45, 2.75) is 52.6 Å². The molecule has 1 fully saturated rings. The van der Waals surface area contributed by atoms with Gasteiger partial charge in [0.05, 0.1) is 11.6 Å². The van der Waals surface area contributed by atoms with E-state index in [4.69, 9.17) is 16.0 Å². The smallest absolute Gasteiger partial charge is 0.226 e. The van der Waals surface area contributed by atoms with Gasteiger partial charge in [0.1, 0.15) is 5.76 Å². The van der Waals surface area contributed by atoms with Crippen LogP contribution in [0.15, 0.2) is 28.7 Å². The standard InChI is InChI=1S/C21H28ClN3O2/c1-4-14(2)23-20(26)17-8-6-10-25(12-17)13-19-15(3)27-21(24-19)16-7-5-9-18(22)11-16/h5,7,9,11,14,17H,4,6,8,10,12-13H2,1-3H3,(H,23,26). The quantitative estimate of drug-likeness (QED) is 0.793. The zero-order chi connectivity index (χ0) is 19.4. The van der Waals surface area contributed by atoms with E-state index in [0.717, 1.165) is 49.4 Å². The van der Waals surface area contributed by atoms with Crippen molar-refractivity contribution in [2.75, 3.05) is 13.1 Å². The Hall–Kier alpha value is -1.85. The Balaban J connectivity index is 1.66. The van der Waals surface area contributed by atoms with Crippen LogP contribution in [0.2, 0.25) is 5.02 Å². The van der Waals surface area contributed by atoms with Gasteiger partial charge in [-0.05, 0) is 57.9 Å². The maximum Gasteiger partial charge on any atom is 0.226 e. The van der Waals surface area contributed by atoms with Crippen LogP contribution in [-0.4, -0.2) is 34.9 Å². The van der Waals surface area contributed by atoms with Gasteiger partial charge in [-0.15, -0.1) is 0 Å². The summed E-state index contributed by atoms with van der Waals surface area (Å²) in [5.41, 5.74) is 1.80. The lowest BCUT2D eigenvalue weighted by Crippen LogP contribution is -2.45. The third kappa shape index (κ3) is 5.11. The van der Waals surface area contributed by atoms with Gasteiger partial charge in [0.25, 0.3) is 0 Å². The number of rotatable bonds is 6. The molecule has 0 saturated carbocycles. The maximum absolute atomic E-state index is 12.5. The van der Waals surface area contributed by atoms with E-state index >= 15 is 0 Å². The maximum atomic E-state index is 12.5. The average Bonchev–Trinajstić information content (AvgIpc) is 3.02. The Morgan fingerprint density at radius 2 is 2.30 bits per heavy atom. The summed E-state index contributed by atoms with van der Waals surface area (Å²) in [6.45, 7) is 8.51. The van der Waals surface area contributed by atoms with E-state index in [1.165, 1.54) is 0 Å². The summed E-state index contributed by atoms with van der Waals surface area (Å²) in [7, 11) is 0. The third-order valence-electron chi connectivity index (χ3n) is 5.21. The second kappa shape index (κ2) is 8.89. The number of amides is 1. The first kappa shape index (κ1) is 19.9. The van der Waals surface area contributed by atoms with Gasteiger partial charge in [-0.2, -0.15) is 0 Å². The number of hydrogen-bond donors (Lipinski definition) is 1. The lowest BCUT2D eigenvalue weighted by Gasteiger charge is -2.32. The summed E-state index contributed by atoms with van der Waals surface area (Å²) in [5.74, 6) is 1.63. The van der Waals surface area contributed by atoms with Gasteiger partial charge in [-0.3, -0.25) is 9.69 Å². The number of piperidine rings is 1. The molecule has 27 heavy (non-hydrogen) atoms. The lowest BCUT2D eigenvalue weighted by molar-refractivity contribution is -0.127. The summed E-state index contributed by atoms with van der Waals surface area (Å²) >= 11 is 6.07. The molecule has 5 nitrogen and oxygen atoms in total. The highest BCUT2D eigenvalue weighted by Gasteiger charge is 2.27. The van der Waals surface area contributed by atoms with Gasteiger partial charge < -0.3 is 9.73 Å². The Labute approximate surface area is 166 Å². The molecular weight excluding hydrogens is 362 g/mol. The average molecular weight is 390 g/mol. The van der Waals surface area contributed by atoms with Gasteiger partial charge in [0.2, 0.25) is 11.8 Å². The fourth-order valence-corrected chi connectivity index (χ4v) is 3.60. The van der Waals surface area contributed by atoms with E-state index in [1.54, 1.807) is 0 Å². The minimum atomic E-state index is 0.0485. The van der Waals surface area contributed by atoms with Crippen LogP contribution in [-0.2, 0) is 11.3 Å². The number of benzene rings is 1. The number of carbonyl (C=O) groups excluding carboxylic acids is 1. The fourth-order valence-electron chi connectivity index (χ4n) is 3.41. The minimum Gasteiger partial charge on any atom is -0.441 e. The third-order valence-corrected chi connectivity index (χ3v) is 5.45. The Kier molecular flexibility index (Phi) is 6.55. The van der Waals surface area contributed by atoms with E-state index in [1.807, 2.05) is 31.2 Å². The van der Waals surface area contributed by atoms with Crippen molar-refractivity contribution < 1.29 is 9.21 Å². The molecule has 2 heterocycles. The Morgan fingerprint density at radius 1 is 1.48 bits per heavy atom. The van der Waals surface area contributed by atoms with Gasteiger partial charge in [-0.1, -0.05) is 24.6 Å². The van der Waals surface area contributed by atoms with E-state index < -0.39 is 0 Å². The first-order valence-electron chi connectivity index (χ1n) is 9.71. The van der Waals surface area contributed by atoms with Crippen LogP contribution >= 0.6 is 11.6 Å². The van der Waals surface area contributed by atoms with Crippen LogP contribution in [0.1, 0.15) is 44.6 Å². The number of nitrogens with one attached hydrogen (secondary N) is 1. The highest BCUT2D eigenvalue weighted by molar-refractivity contribution is 6.30. The van der Waals surface area contributed by atoms with Crippen LogP contribution in [0, 0.1) is 12.8 Å². The van der Waals surface area contributed by atoms with Gasteiger partial charge >= 0.3 is 0 Å². The van der Waals surface area contributed by atoms with Crippen LogP contribution < -0.4 is 5.32 Å². The molecular formula is C21H28ClN3O2. The van der Waals surface area contributed by atoms with Crippen LogP contribution in [0.25, 0.3) is 11.5 Å². The summed E-state index contributed by atoms with van der Waals surface area (Å²) in [5, 5.41) is 3.78. The van der Waals surface area contributed by atoms with Crippen molar-refractivity contribution in [1.82, 2.24) is 15.2 Å². The van der Waals surface area contributed by atoms with Gasteiger partial charge in [0, 0.05) is 29.7 Å². The Bertz CT molecular complexity index is 789. The van der Waals surface area contributed by atoms with Gasteiger partial charge in [-0.25, -0.2) is 4.98 Å². The molecule has 1 aliphatic heterocycles. The molecule has 6 heteroatoms. The zero-order valence-electron chi connectivity index (χ0n) is 16.3. The van der Waals surface area contributed by atoms with Crippen molar-refractivity contribution in [3.8, 4) is 11.5 Å². The molecule has 146 valence electrons.